The van der Waals surface area contributed by atoms with Crippen molar-refractivity contribution in [2.75, 3.05) is 25.6 Å². The van der Waals surface area contributed by atoms with Gasteiger partial charge in [0.2, 0.25) is 0 Å². The highest BCUT2D eigenvalue weighted by Crippen LogP contribution is 2.30. The molecule has 2 aromatic heterocycles. The molecule has 0 fully saturated rings. The molecule has 2 heterocycles. The number of nitrogens with zero attached hydrogens (tertiary/aromatic N) is 2. The fourth-order valence-electron chi connectivity index (χ4n) is 3.06. The van der Waals surface area contributed by atoms with E-state index in [4.69, 9.17) is 4.74 Å². The highest BCUT2D eigenvalue weighted by atomic mass is 16.5. The van der Waals surface area contributed by atoms with Crippen LogP contribution in [0.15, 0.2) is 48.5 Å². The molecular formula is C20H18N4O2. The number of aromatic nitrogens is 3. The highest BCUT2D eigenvalue weighted by molar-refractivity contribution is 6.04. The maximum Gasteiger partial charge on any atom is 0.179 e. The van der Waals surface area contributed by atoms with Gasteiger partial charge < -0.3 is 15.0 Å². The third-order valence-electron chi connectivity index (χ3n) is 4.29. The van der Waals surface area contributed by atoms with Crippen LogP contribution in [-0.2, 0) is 4.74 Å². The molecule has 0 bridgehead atoms. The maximum atomic E-state index is 11.7. The summed E-state index contributed by atoms with van der Waals surface area (Å²) in [7, 11) is 1.66. The van der Waals surface area contributed by atoms with E-state index < -0.39 is 0 Å². The number of nitrogens with one attached hydrogen (secondary N) is 2. The monoisotopic (exact) mass is 346 g/mol. The predicted octanol–water partition coefficient (Wildman–Crippen LogP) is 3.65. The Morgan fingerprint density at radius 1 is 1.08 bits per heavy atom. The van der Waals surface area contributed by atoms with Crippen LogP contribution in [0.1, 0.15) is 10.4 Å². The molecule has 0 aliphatic heterocycles. The first-order valence-corrected chi connectivity index (χ1v) is 8.37. The van der Waals surface area contributed by atoms with Crippen LogP contribution in [0.2, 0.25) is 0 Å². The summed E-state index contributed by atoms with van der Waals surface area (Å²) in [6.07, 6.45) is 0.852. The minimum absolute atomic E-state index is 0.488. The van der Waals surface area contributed by atoms with Gasteiger partial charge in [0.05, 0.1) is 23.4 Å². The molecular weight excluding hydrogens is 328 g/mol. The number of fused-ring (bicyclic) bond motifs is 2. The van der Waals surface area contributed by atoms with Gasteiger partial charge in [0.1, 0.15) is 5.82 Å². The molecule has 0 aliphatic rings. The topological polar surface area (TPSA) is 79.9 Å². The van der Waals surface area contributed by atoms with Crippen LogP contribution in [0.3, 0.4) is 0 Å². The summed E-state index contributed by atoms with van der Waals surface area (Å²) in [5.74, 6) is 1.21. The molecule has 0 radical (unpaired) electrons. The second kappa shape index (κ2) is 6.93. The Morgan fingerprint density at radius 3 is 2.65 bits per heavy atom. The lowest BCUT2D eigenvalue weighted by Gasteiger charge is -2.10. The van der Waals surface area contributed by atoms with E-state index in [2.05, 4.69) is 20.3 Å². The fourth-order valence-corrected chi connectivity index (χ4v) is 3.06. The number of ether oxygens (including phenoxy) is 1. The summed E-state index contributed by atoms with van der Waals surface area (Å²) >= 11 is 0. The van der Waals surface area contributed by atoms with Crippen molar-refractivity contribution in [3.8, 4) is 11.5 Å². The van der Waals surface area contributed by atoms with Gasteiger partial charge in [-0.15, -0.1) is 0 Å². The standard InChI is InChI=1S/C20H18N4O2/c1-26-11-10-21-19-14-7-3-5-9-17(14)23-20(24-19)18-15(12-25)13-6-2-4-8-16(13)22-18/h2-9,12,22H,10-11H2,1H3,(H,21,23,24). The van der Waals surface area contributed by atoms with Crippen molar-refractivity contribution in [3.63, 3.8) is 0 Å². The summed E-state index contributed by atoms with van der Waals surface area (Å²) in [5, 5.41) is 5.08. The number of carbonyl (C=O) groups is 1. The van der Waals surface area contributed by atoms with Gasteiger partial charge in [-0.05, 0) is 18.2 Å². The zero-order valence-electron chi connectivity index (χ0n) is 14.3. The molecule has 0 unspecified atom stereocenters. The number of H-pyrrole nitrogens is 1. The first-order valence-electron chi connectivity index (χ1n) is 8.37. The van der Waals surface area contributed by atoms with Gasteiger partial charge in [0, 0.05) is 29.9 Å². The van der Waals surface area contributed by atoms with Crippen LogP contribution in [0.5, 0.6) is 0 Å². The van der Waals surface area contributed by atoms with E-state index >= 15 is 0 Å². The van der Waals surface area contributed by atoms with Crippen LogP contribution in [0.4, 0.5) is 5.82 Å². The molecule has 6 nitrogen and oxygen atoms in total. The third-order valence-corrected chi connectivity index (χ3v) is 4.29. The SMILES string of the molecule is COCCNc1nc(-c2[nH]c3ccccc3c2C=O)nc2ccccc12. The summed E-state index contributed by atoms with van der Waals surface area (Å²) < 4.78 is 5.11. The third kappa shape index (κ3) is 2.80. The molecule has 0 amide bonds. The molecule has 130 valence electrons. The molecule has 0 atom stereocenters. The van der Waals surface area contributed by atoms with Crippen LogP contribution in [0, 0.1) is 0 Å². The minimum atomic E-state index is 0.488. The highest BCUT2D eigenvalue weighted by Gasteiger charge is 2.16. The Kier molecular flexibility index (Phi) is 4.33. The van der Waals surface area contributed by atoms with Gasteiger partial charge >= 0.3 is 0 Å². The number of methoxy groups -OCH3 is 1. The van der Waals surface area contributed by atoms with E-state index in [0.29, 0.717) is 30.2 Å². The van der Waals surface area contributed by atoms with E-state index in [1.807, 2.05) is 48.5 Å². The van der Waals surface area contributed by atoms with E-state index in [-0.39, 0.29) is 0 Å². The van der Waals surface area contributed by atoms with E-state index in [1.165, 1.54) is 0 Å². The van der Waals surface area contributed by atoms with Crippen molar-refractivity contribution in [3.05, 3.63) is 54.1 Å². The molecule has 6 heteroatoms. The molecule has 0 saturated carbocycles. The second-order valence-electron chi connectivity index (χ2n) is 5.91. The van der Waals surface area contributed by atoms with Crippen molar-refractivity contribution < 1.29 is 9.53 Å². The van der Waals surface area contributed by atoms with Crippen LogP contribution < -0.4 is 5.32 Å². The Morgan fingerprint density at radius 2 is 1.85 bits per heavy atom. The van der Waals surface area contributed by atoms with Crippen molar-refractivity contribution in [1.82, 2.24) is 15.0 Å². The first kappa shape index (κ1) is 16.2. The molecule has 4 aromatic rings. The van der Waals surface area contributed by atoms with Crippen molar-refractivity contribution >= 4 is 33.9 Å². The number of aldehydes is 1. The number of carbonyl (C=O) groups excluding carboxylic acids is 1. The normalized spacial score (nSPS) is 11.1. The predicted molar refractivity (Wildman–Crippen MR) is 103 cm³/mol. The van der Waals surface area contributed by atoms with Gasteiger partial charge in [0.25, 0.3) is 0 Å². The van der Waals surface area contributed by atoms with Gasteiger partial charge in [-0.1, -0.05) is 30.3 Å². The number of rotatable bonds is 6. The van der Waals surface area contributed by atoms with E-state index in [0.717, 1.165) is 33.9 Å². The van der Waals surface area contributed by atoms with E-state index in [9.17, 15) is 4.79 Å². The number of para-hydroxylation sites is 2. The zero-order chi connectivity index (χ0) is 17.9. The fraction of sp³-hybridized carbons (Fsp3) is 0.150. The number of anilines is 1. The molecule has 4 rings (SSSR count). The van der Waals surface area contributed by atoms with Crippen molar-refractivity contribution in [1.29, 1.82) is 0 Å². The Hall–Kier alpha value is -3.25. The van der Waals surface area contributed by atoms with Gasteiger partial charge in [-0.3, -0.25) is 4.79 Å². The zero-order valence-corrected chi connectivity index (χ0v) is 14.3. The van der Waals surface area contributed by atoms with Crippen molar-refractivity contribution in [2.45, 2.75) is 0 Å². The summed E-state index contributed by atoms with van der Waals surface area (Å²) in [4.78, 5) is 24.4. The van der Waals surface area contributed by atoms with Gasteiger partial charge in [-0.2, -0.15) is 0 Å². The van der Waals surface area contributed by atoms with Crippen LogP contribution in [0.25, 0.3) is 33.3 Å². The number of hydrogen-bond donors (Lipinski definition) is 2. The lowest BCUT2D eigenvalue weighted by Crippen LogP contribution is -2.10. The lowest BCUT2D eigenvalue weighted by molar-refractivity contribution is 0.112. The van der Waals surface area contributed by atoms with Crippen LogP contribution in [-0.4, -0.2) is 41.5 Å². The van der Waals surface area contributed by atoms with Gasteiger partial charge in [0.15, 0.2) is 12.1 Å². The lowest BCUT2D eigenvalue weighted by atomic mass is 10.1. The largest absolute Gasteiger partial charge is 0.383 e. The quantitative estimate of drug-likeness (QED) is 0.411. The summed E-state index contributed by atoms with van der Waals surface area (Å²) in [6, 6.07) is 15.5. The molecule has 26 heavy (non-hydrogen) atoms. The average Bonchev–Trinajstić information content (AvgIpc) is 3.06. The number of aromatic amines is 1. The van der Waals surface area contributed by atoms with Gasteiger partial charge in [-0.25, -0.2) is 9.97 Å². The second-order valence-corrected chi connectivity index (χ2v) is 5.91. The summed E-state index contributed by atoms with van der Waals surface area (Å²) in [5.41, 5.74) is 2.89. The number of benzene rings is 2. The molecule has 0 aliphatic carbocycles. The summed E-state index contributed by atoms with van der Waals surface area (Å²) in [6.45, 7) is 1.20. The Balaban J connectivity index is 1.90. The smallest absolute Gasteiger partial charge is 0.179 e. The molecule has 0 saturated heterocycles. The minimum Gasteiger partial charge on any atom is -0.383 e. The molecule has 2 N–H and O–H groups in total. The Bertz CT molecular complexity index is 1090. The molecule has 2 aromatic carbocycles. The average molecular weight is 346 g/mol. The Labute approximate surface area is 150 Å². The molecule has 0 spiro atoms. The van der Waals surface area contributed by atoms with Crippen LogP contribution >= 0.6 is 0 Å². The van der Waals surface area contributed by atoms with E-state index in [1.54, 1.807) is 7.11 Å². The first-order chi connectivity index (χ1) is 12.8. The van der Waals surface area contributed by atoms with Crippen molar-refractivity contribution in [2.24, 2.45) is 0 Å². The maximum absolute atomic E-state index is 11.7. The number of hydrogen-bond acceptors (Lipinski definition) is 5.